The maximum absolute atomic E-state index is 13.6. The van der Waals surface area contributed by atoms with Crippen LogP contribution in [0.5, 0.6) is 0 Å². The molecule has 2 unspecified atom stereocenters. The van der Waals surface area contributed by atoms with Crippen LogP contribution in [-0.2, 0) is 6.42 Å². The van der Waals surface area contributed by atoms with Crippen molar-refractivity contribution in [3.63, 3.8) is 0 Å². The van der Waals surface area contributed by atoms with Crippen LogP contribution in [0.25, 0.3) is 0 Å². The standard InChI is InChI=1S/C15H18F2N2O/c1-3-10(2)19-8-7-11(18-19)9-14(20)15-12(16)5-4-6-13(15)17/h4-8,10,14,20H,3,9H2,1-2H3. The van der Waals surface area contributed by atoms with Crippen LogP contribution in [0.15, 0.2) is 30.5 Å². The zero-order valence-electron chi connectivity index (χ0n) is 11.6. The van der Waals surface area contributed by atoms with Crippen molar-refractivity contribution in [1.29, 1.82) is 0 Å². The number of nitrogens with zero attached hydrogens (tertiary/aromatic N) is 2. The van der Waals surface area contributed by atoms with Gasteiger partial charge < -0.3 is 5.11 Å². The predicted molar refractivity (Wildman–Crippen MR) is 72.3 cm³/mol. The minimum Gasteiger partial charge on any atom is -0.388 e. The number of hydrogen-bond donors (Lipinski definition) is 1. The van der Waals surface area contributed by atoms with Crippen LogP contribution in [0.4, 0.5) is 8.78 Å². The summed E-state index contributed by atoms with van der Waals surface area (Å²) in [5, 5.41) is 14.3. The van der Waals surface area contributed by atoms with Gasteiger partial charge in [0, 0.05) is 18.7 Å². The molecule has 0 aliphatic carbocycles. The molecule has 0 radical (unpaired) electrons. The largest absolute Gasteiger partial charge is 0.388 e. The van der Waals surface area contributed by atoms with Crippen LogP contribution in [0, 0.1) is 11.6 Å². The van der Waals surface area contributed by atoms with Gasteiger partial charge in [0.25, 0.3) is 0 Å². The molecule has 108 valence electrons. The van der Waals surface area contributed by atoms with Gasteiger partial charge in [-0.05, 0) is 31.5 Å². The van der Waals surface area contributed by atoms with E-state index < -0.39 is 17.7 Å². The number of aromatic nitrogens is 2. The highest BCUT2D eigenvalue weighted by Crippen LogP contribution is 2.23. The fourth-order valence-corrected chi connectivity index (χ4v) is 2.05. The smallest absolute Gasteiger partial charge is 0.131 e. The molecule has 2 atom stereocenters. The van der Waals surface area contributed by atoms with E-state index in [1.54, 1.807) is 10.7 Å². The third-order valence-corrected chi connectivity index (χ3v) is 3.44. The van der Waals surface area contributed by atoms with Gasteiger partial charge in [-0.2, -0.15) is 5.10 Å². The first-order valence-electron chi connectivity index (χ1n) is 6.69. The first-order valence-corrected chi connectivity index (χ1v) is 6.69. The zero-order chi connectivity index (χ0) is 14.7. The van der Waals surface area contributed by atoms with Crippen molar-refractivity contribution < 1.29 is 13.9 Å². The lowest BCUT2D eigenvalue weighted by Crippen LogP contribution is -2.09. The van der Waals surface area contributed by atoms with E-state index in [0.717, 1.165) is 18.6 Å². The van der Waals surface area contributed by atoms with E-state index in [1.807, 2.05) is 13.1 Å². The molecule has 2 aromatic rings. The Morgan fingerprint density at radius 2 is 1.90 bits per heavy atom. The molecule has 20 heavy (non-hydrogen) atoms. The fraction of sp³-hybridized carbons (Fsp3) is 0.400. The van der Waals surface area contributed by atoms with Crippen molar-refractivity contribution >= 4 is 0 Å². The summed E-state index contributed by atoms with van der Waals surface area (Å²) in [5.74, 6) is -1.47. The number of rotatable bonds is 5. The molecule has 0 saturated heterocycles. The van der Waals surface area contributed by atoms with Crippen molar-refractivity contribution in [1.82, 2.24) is 9.78 Å². The lowest BCUT2D eigenvalue weighted by Gasteiger charge is -2.12. The second-order valence-corrected chi connectivity index (χ2v) is 4.90. The molecule has 0 amide bonds. The predicted octanol–water partition coefficient (Wildman–Crippen LogP) is 3.41. The van der Waals surface area contributed by atoms with Gasteiger partial charge in [-0.1, -0.05) is 13.0 Å². The molecule has 3 nitrogen and oxygen atoms in total. The molecule has 0 bridgehead atoms. The van der Waals surface area contributed by atoms with Gasteiger partial charge in [0.05, 0.1) is 17.4 Å². The van der Waals surface area contributed by atoms with Crippen LogP contribution < -0.4 is 0 Å². The molecule has 2 rings (SSSR count). The van der Waals surface area contributed by atoms with Crippen molar-refractivity contribution in [2.24, 2.45) is 0 Å². The quantitative estimate of drug-likeness (QED) is 0.911. The van der Waals surface area contributed by atoms with Gasteiger partial charge >= 0.3 is 0 Å². The summed E-state index contributed by atoms with van der Waals surface area (Å²) in [5.41, 5.74) is 0.311. The van der Waals surface area contributed by atoms with Crippen LogP contribution in [0.1, 0.15) is 43.7 Å². The van der Waals surface area contributed by atoms with E-state index in [2.05, 4.69) is 12.0 Å². The molecule has 0 spiro atoms. The third kappa shape index (κ3) is 3.04. The first-order chi connectivity index (χ1) is 9.52. The van der Waals surface area contributed by atoms with E-state index in [0.29, 0.717) is 5.69 Å². The van der Waals surface area contributed by atoms with Crippen molar-refractivity contribution in [2.45, 2.75) is 38.8 Å². The van der Waals surface area contributed by atoms with Crippen LogP contribution in [0.2, 0.25) is 0 Å². The molecule has 0 fully saturated rings. The summed E-state index contributed by atoms with van der Waals surface area (Å²) in [4.78, 5) is 0. The summed E-state index contributed by atoms with van der Waals surface area (Å²) in [6, 6.07) is 5.57. The van der Waals surface area contributed by atoms with Crippen molar-refractivity contribution in [2.75, 3.05) is 0 Å². The topological polar surface area (TPSA) is 38.0 Å². The lowest BCUT2D eigenvalue weighted by molar-refractivity contribution is 0.167. The molecule has 1 aromatic carbocycles. The minimum absolute atomic E-state index is 0.0846. The monoisotopic (exact) mass is 280 g/mol. The van der Waals surface area contributed by atoms with Crippen LogP contribution in [-0.4, -0.2) is 14.9 Å². The second kappa shape index (κ2) is 6.13. The van der Waals surface area contributed by atoms with E-state index >= 15 is 0 Å². The second-order valence-electron chi connectivity index (χ2n) is 4.90. The van der Waals surface area contributed by atoms with Gasteiger partial charge in [0.1, 0.15) is 11.6 Å². The summed E-state index contributed by atoms with van der Waals surface area (Å²) >= 11 is 0. The molecule has 0 saturated carbocycles. The van der Waals surface area contributed by atoms with Gasteiger partial charge in [-0.15, -0.1) is 0 Å². The summed E-state index contributed by atoms with van der Waals surface area (Å²) in [6.07, 6.45) is 1.59. The normalized spacial score (nSPS) is 14.2. The van der Waals surface area contributed by atoms with Crippen LogP contribution >= 0.6 is 0 Å². The van der Waals surface area contributed by atoms with E-state index in [-0.39, 0.29) is 18.0 Å². The Kier molecular flexibility index (Phi) is 4.49. The Morgan fingerprint density at radius 1 is 1.25 bits per heavy atom. The summed E-state index contributed by atoms with van der Waals surface area (Å²) in [7, 11) is 0. The average molecular weight is 280 g/mol. The molecule has 1 heterocycles. The maximum Gasteiger partial charge on any atom is 0.131 e. The Hall–Kier alpha value is -1.75. The number of aliphatic hydroxyl groups is 1. The van der Waals surface area contributed by atoms with E-state index in [4.69, 9.17) is 0 Å². The lowest BCUT2D eigenvalue weighted by atomic mass is 10.0. The summed E-state index contributed by atoms with van der Waals surface area (Å²) < 4.78 is 28.9. The minimum atomic E-state index is -1.24. The maximum atomic E-state index is 13.6. The molecule has 0 aliphatic heterocycles. The number of aliphatic hydroxyl groups excluding tert-OH is 1. The Bertz CT molecular complexity index is 563. The Morgan fingerprint density at radius 3 is 2.50 bits per heavy atom. The highest BCUT2D eigenvalue weighted by atomic mass is 19.1. The van der Waals surface area contributed by atoms with Crippen molar-refractivity contribution in [3.8, 4) is 0 Å². The number of halogens is 2. The molecular formula is C15H18F2N2O. The molecular weight excluding hydrogens is 262 g/mol. The van der Waals surface area contributed by atoms with Gasteiger partial charge in [-0.3, -0.25) is 4.68 Å². The van der Waals surface area contributed by atoms with E-state index in [1.165, 1.54) is 6.07 Å². The average Bonchev–Trinajstić information content (AvgIpc) is 2.86. The first kappa shape index (κ1) is 14.7. The molecule has 5 heteroatoms. The number of benzene rings is 1. The Balaban J connectivity index is 2.15. The third-order valence-electron chi connectivity index (χ3n) is 3.44. The van der Waals surface area contributed by atoms with Gasteiger partial charge in [0.15, 0.2) is 0 Å². The van der Waals surface area contributed by atoms with Gasteiger partial charge in [0.2, 0.25) is 0 Å². The zero-order valence-corrected chi connectivity index (χ0v) is 11.6. The Labute approximate surface area is 116 Å². The van der Waals surface area contributed by atoms with Crippen molar-refractivity contribution in [3.05, 3.63) is 53.4 Å². The SMILES string of the molecule is CCC(C)n1ccc(CC(O)c2c(F)cccc2F)n1. The molecule has 1 aromatic heterocycles. The van der Waals surface area contributed by atoms with Crippen LogP contribution in [0.3, 0.4) is 0 Å². The summed E-state index contributed by atoms with van der Waals surface area (Å²) in [6.45, 7) is 4.08. The fourth-order valence-electron chi connectivity index (χ4n) is 2.05. The molecule has 1 N–H and O–H groups in total. The highest BCUT2D eigenvalue weighted by molar-refractivity contribution is 5.23. The van der Waals surface area contributed by atoms with E-state index in [9.17, 15) is 13.9 Å². The molecule has 0 aliphatic rings. The van der Waals surface area contributed by atoms with Gasteiger partial charge in [-0.25, -0.2) is 8.78 Å². The number of hydrogen-bond acceptors (Lipinski definition) is 2. The highest BCUT2D eigenvalue weighted by Gasteiger charge is 2.19.